The van der Waals surface area contributed by atoms with Crippen LogP contribution < -0.4 is 15.5 Å². The number of carbonyl (C=O) groups is 6. The average Bonchev–Trinajstić information content (AvgIpc) is 3.53. The van der Waals surface area contributed by atoms with Crippen molar-refractivity contribution >= 4 is 47.3 Å². The zero-order valence-corrected chi connectivity index (χ0v) is 34.4. The Morgan fingerprint density at radius 1 is 0.817 bits per heavy atom. The first-order valence-electron chi connectivity index (χ1n) is 21.7. The number of benzene rings is 1. The van der Waals surface area contributed by atoms with E-state index in [1.807, 2.05) is 35.2 Å². The molecule has 1 unspecified atom stereocenters. The molecule has 0 saturated carbocycles. The van der Waals surface area contributed by atoms with Crippen LogP contribution in [0, 0.1) is 5.92 Å². The van der Waals surface area contributed by atoms with Gasteiger partial charge in [0.05, 0.1) is 16.7 Å². The number of imide groups is 2. The number of rotatable bonds is 17. The van der Waals surface area contributed by atoms with Crippen LogP contribution in [0.4, 0.5) is 5.82 Å². The first-order valence-corrected chi connectivity index (χ1v) is 21.7. The Morgan fingerprint density at radius 2 is 1.63 bits per heavy atom. The number of carbonyl (C=O) groups excluding carboxylic acids is 6. The van der Waals surface area contributed by atoms with Gasteiger partial charge in [-0.1, -0.05) is 43.9 Å². The fourth-order valence-corrected chi connectivity index (χ4v) is 8.78. The zero-order valence-electron chi connectivity index (χ0n) is 34.4. The van der Waals surface area contributed by atoms with Gasteiger partial charge >= 0.3 is 0 Å². The van der Waals surface area contributed by atoms with Crippen molar-refractivity contribution < 1.29 is 28.8 Å². The molecule has 6 heterocycles. The topological polar surface area (TPSA) is 165 Å². The van der Waals surface area contributed by atoms with E-state index in [1.54, 1.807) is 42.9 Å². The summed E-state index contributed by atoms with van der Waals surface area (Å²) in [4.78, 5) is 92.4. The molecule has 7 rings (SSSR count). The highest BCUT2D eigenvalue weighted by atomic mass is 16.2. The van der Waals surface area contributed by atoms with Gasteiger partial charge in [0, 0.05) is 76.9 Å². The van der Waals surface area contributed by atoms with Crippen molar-refractivity contribution in [3.05, 3.63) is 94.9 Å². The number of nitrogens with one attached hydrogen (secondary N) is 2. The fourth-order valence-electron chi connectivity index (χ4n) is 8.78. The summed E-state index contributed by atoms with van der Waals surface area (Å²) in [6.07, 6.45) is 18.5. The highest BCUT2D eigenvalue weighted by Crippen LogP contribution is 2.31. The van der Waals surface area contributed by atoms with Crippen LogP contribution in [0.25, 0.3) is 6.08 Å². The van der Waals surface area contributed by atoms with Gasteiger partial charge in [0.25, 0.3) is 17.7 Å². The van der Waals surface area contributed by atoms with Crippen LogP contribution in [0.3, 0.4) is 0 Å². The highest BCUT2D eigenvalue weighted by Gasteiger charge is 2.45. The molecule has 1 atom stereocenters. The molecule has 4 aliphatic heterocycles. The average molecular weight is 817 g/mol. The van der Waals surface area contributed by atoms with Crippen LogP contribution in [0.2, 0.25) is 0 Å². The van der Waals surface area contributed by atoms with Crippen molar-refractivity contribution in [2.75, 3.05) is 57.3 Å². The van der Waals surface area contributed by atoms with Gasteiger partial charge in [-0.25, -0.2) is 4.98 Å². The molecule has 14 nitrogen and oxygen atoms in total. The van der Waals surface area contributed by atoms with Crippen LogP contribution >= 0.6 is 0 Å². The number of unbranched alkanes of at least 4 members (excludes halogenated alkanes) is 4. The second kappa shape index (κ2) is 20.5. The maximum absolute atomic E-state index is 13.4. The lowest BCUT2D eigenvalue weighted by atomic mass is 9.91. The molecular formula is C46H56N8O6. The molecule has 0 aliphatic carbocycles. The molecule has 4 aliphatic rings. The first kappa shape index (κ1) is 42.4. The van der Waals surface area contributed by atoms with E-state index in [-0.39, 0.29) is 30.6 Å². The molecule has 2 N–H and O–H groups in total. The summed E-state index contributed by atoms with van der Waals surface area (Å²) in [6, 6.07) is 12.0. The smallest absolute Gasteiger partial charge is 0.262 e. The third kappa shape index (κ3) is 10.7. The van der Waals surface area contributed by atoms with Crippen LogP contribution in [0.1, 0.15) is 113 Å². The third-order valence-corrected chi connectivity index (χ3v) is 12.3. The van der Waals surface area contributed by atoms with Gasteiger partial charge < -0.3 is 15.1 Å². The standard InChI is InChI=1S/C46H56N8O6/c55-40(18-14-34-10-8-22-47-31-34)48-23-5-4-9-33-20-25-53(26-21-33)44(58)36-15-17-39(49-32-36)52-29-27-51(28-30-52)24-6-2-1-3-11-35-12-7-13-37-42(35)46(60)54(45(37)59)38-16-19-41(56)50-43(38)57/h7-8,10,12-15,17-18,22,31-33,38H,1-6,9,11,16,19-21,23-30H2,(H,48,55)(H,50,56,57)/b18-14+. The Kier molecular flexibility index (Phi) is 14.5. The summed E-state index contributed by atoms with van der Waals surface area (Å²) in [6.45, 7) is 6.85. The van der Waals surface area contributed by atoms with Crippen LogP contribution in [-0.2, 0) is 20.8 Å². The van der Waals surface area contributed by atoms with Gasteiger partial charge in [0.1, 0.15) is 11.9 Å². The molecule has 2 aromatic heterocycles. The SMILES string of the molecule is O=C(/C=C/c1cccnc1)NCCCCC1CCN(C(=O)c2ccc(N3CCN(CCCCCCc4cccc5c4C(=O)N(C4CCC(=O)NC4=O)C5=O)CC3)nc2)CC1. The summed E-state index contributed by atoms with van der Waals surface area (Å²) < 4.78 is 0. The Balaban J connectivity index is 0.745. The normalized spacial score (nSPS) is 18.9. The number of aryl methyl sites for hydroxylation is 1. The second-order valence-corrected chi connectivity index (χ2v) is 16.3. The highest BCUT2D eigenvalue weighted by molar-refractivity contribution is 6.24. The van der Waals surface area contributed by atoms with E-state index in [4.69, 9.17) is 4.98 Å². The van der Waals surface area contributed by atoms with Crippen LogP contribution in [-0.4, -0.2) is 119 Å². The Bertz CT molecular complexity index is 2040. The minimum Gasteiger partial charge on any atom is -0.354 e. The molecule has 316 valence electrons. The molecule has 3 fully saturated rings. The number of anilines is 1. The van der Waals surface area contributed by atoms with Crippen molar-refractivity contribution in [3.8, 4) is 0 Å². The zero-order chi connectivity index (χ0) is 41.8. The Hall–Kier alpha value is -5.76. The lowest BCUT2D eigenvalue weighted by molar-refractivity contribution is -0.136. The maximum Gasteiger partial charge on any atom is 0.262 e. The summed E-state index contributed by atoms with van der Waals surface area (Å²) in [7, 11) is 0. The minimum atomic E-state index is -0.956. The van der Waals surface area contributed by atoms with E-state index in [1.165, 1.54) is 0 Å². The number of likely N-dealkylation sites (tertiary alicyclic amines) is 1. The molecule has 0 bridgehead atoms. The van der Waals surface area contributed by atoms with Gasteiger partial charge in [-0.05, 0) is 98.9 Å². The molecule has 14 heteroatoms. The molecule has 3 saturated heterocycles. The van der Waals surface area contributed by atoms with E-state index in [0.717, 1.165) is 125 Å². The van der Waals surface area contributed by atoms with E-state index in [0.29, 0.717) is 35.6 Å². The lowest BCUT2D eigenvalue weighted by Crippen LogP contribution is -2.54. The van der Waals surface area contributed by atoms with E-state index < -0.39 is 23.8 Å². The quantitative estimate of drug-likeness (QED) is 0.111. The summed E-state index contributed by atoms with van der Waals surface area (Å²) >= 11 is 0. The molecular weight excluding hydrogens is 761 g/mol. The molecule has 1 aromatic carbocycles. The molecule has 3 aromatic rings. The molecule has 0 spiro atoms. The summed E-state index contributed by atoms with van der Waals surface area (Å²) in [5.41, 5.74) is 3.09. The van der Waals surface area contributed by atoms with Crippen molar-refractivity contribution in [2.24, 2.45) is 5.92 Å². The Labute approximate surface area is 351 Å². The fraction of sp³-hybridized carbons (Fsp3) is 0.478. The summed E-state index contributed by atoms with van der Waals surface area (Å²) in [5, 5.41) is 5.20. The number of hydrogen-bond donors (Lipinski definition) is 2. The minimum absolute atomic E-state index is 0.0482. The van der Waals surface area contributed by atoms with Gasteiger partial charge in [-0.2, -0.15) is 0 Å². The molecule has 0 radical (unpaired) electrons. The monoisotopic (exact) mass is 816 g/mol. The number of nitrogens with zero attached hydrogens (tertiary/aromatic N) is 6. The van der Waals surface area contributed by atoms with Crippen LogP contribution in [0.5, 0.6) is 0 Å². The number of piperidine rings is 2. The predicted octanol–water partition coefficient (Wildman–Crippen LogP) is 4.66. The lowest BCUT2D eigenvalue weighted by Gasteiger charge is -2.35. The second-order valence-electron chi connectivity index (χ2n) is 16.3. The maximum atomic E-state index is 13.4. The van der Waals surface area contributed by atoms with Crippen LogP contribution in [0.15, 0.2) is 67.1 Å². The third-order valence-electron chi connectivity index (χ3n) is 12.3. The van der Waals surface area contributed by atoms with Crippen molar-refractivity contribution in [1.29, 1.82) is 0 Å². The largest absolute Gasteiger partial charge is 0.354 e. The predicted molar refractivity (Wildman–Crippen MR) is 227 cm³/mol. The number of amides is 6. The molecule has 6 amide bonds. The number of aromatic nitrogens is 2. The van der Waals surface area contributed by atoms with E-state index >= 15 is 0 Å². The number of fused-ring (bicyclic) bond motifs is 1. The Morgan fingerprint density at radius 3 is 2.38 bits per heavy atom. The van der Waals surface area contributed by atoms with Gasteiger partial charge in [0.15, 0.2) is 0 Å². The molecule has 60 heavy (non-hydrogen) atoms. The first-order chi connectivity index (χ1) is 29.2. The van der Waals surface area contributed by atoms with E-state index in [2.05, 4.69) is 25.4 Å². The summed E-state index contributed by atoms with van der Waals surface area (Å²) in [5.74, 6) is -0.435. The van der Waals surface area contributed by atoms with Crippen molar-refractivity contribution in [3.63, 3.8) is 0 Å². The van der Waals surface area contributed by atoms with Gasteiger partial charge in [-0.15, -0.1) is 0 Å². The number of hydrogen-bond acceptors (Lipinski definition) is 10. The van der Waals surface area contributed by atoms with Gasteiger partial charge in [0.2, 0.25) is 17.7 Å². The van der Waals surface area contributed by atoms with Crippen molar-refractivity contribution in [1.82, 2.24) is 35.3 Å². The van der Waals surface area contributed by atoms with E-state index in [9.17, 15) is 28.8 Å². The number of piperazine rings is 1. The number of pyridine rings is 2. The van der Waals surface area contributed by atoms with Gasteiger partial charge in [-0.3, -0.25) is 48.9 Å². The van der Waals surface area contributed by atoms with Crippen molar-refractivity contribution in [2.45, 2.75) is 83.1 Å².